The SMILES string of the molecule is C.C.C.CC(C)(N)N. The molecule has 2 heteroatoms. The standard InChI is InChI=1S/C3H10N2.3CH4/c1-3(2,4)5;;;/h4-5H2,1-2H3;3*1H4. The van der Waals surface area contributed by atoms with E-state index >= 15 is 0 Å². The second kappa shape index (κ2) is 6.92. The minimum Gasteiger partial charge on any atom is -0.314 e. The molecular weight excluding hydrogens is 100 g/mol. The molecule has 0 aliphatic rings. The lowest BCUT2D eigenvalue weighted by Crippen LogP contribution is -2.42. The lowest BCUT2D eigenvalue weighted by atomic mass is 10.3. The fourth-order valence-electron chi connectivity index (χ4n) is 0. The molecule has 4 N–H and O–H groups in total. The fraction of sp³-hybridized carbons (Fsp3) is 1.00. The van der Waals surface area contributed by atoms with Crippen LogP contribution in [0.5, 0.6) is 0 Å². The molecule has 0 spiro atoms. The number of rotatable bonds is 0. The Hall–Kier alpha value is -0.0800. The molecule has 0 fully saturated rings. The van der Waals surface area contributed by atoms with Gasteiger partial charge in [0, 0.05) is 0 Å². The molecule has 0 bridgehead atoms. The zero-order valence-electron chi connectivity index (χ0n) is 3.65. The van der Waals surface area contributed by atoms with Gasteiger partial charge in [0.2, 0.25) is 0 Å². The molecule has 0 amide bonds. The minimum atomic E-state index is -0.500. The van der Waals surface area contributed by atoms with E-state index in [-0.39, 0.29) is 22.3 Å². The largest absolute Gasteiger partial charge is 0.314 e. The second-order valence-electron chi connectivity index (χ2n) is 1.82. The first-order valence-electron chi connectivity index (χ1n) is 1.58. The smallest absolute Gasteiger partial charge is 0.0578 e. The molecule has 0 aromatic rings. The highest BCUT2D eigenvalue weighted by molar-refractivity contribution is 4.57. The van der Waals surface area contributed by atoms with Crippen LogP contribution in [0.4, 0.5) is 0 Å². The van der Waals surface area contributed by atoms with Gasteiger partial charge in [0.05, 0.1) is 5.66 Å². The molecule has 0 unspecified atom stereocenters. The Morgan fingerprint density at radius 3 is 0.875 bits per heavy atom. The van der Waals surface area contributed by atoms with Crippen LogP contribution in [0.2, 0.25) is 0 Å². The van der Waals surface area contributed by atoms with Crippen LogP contribution >= 0.6 is 0 Å². The van der Waals surface area contributed by atoms with Gasteiger partial charge in [-0.1, -0.05) is 22.3 Å². The molecular formula is C6H22N2. The summed E-state index contributed by atoms with van der Waals surface area (Å²) in [7, 11) is 0. The summed E-state index contributed by atoms with van der Waals surface area (Å²) < 4.78 is 0. The third-order valence-corrected chi connectivity index (χ3v) is 0. The van der Waals surface area contributed by atoms with Crippen molar-refractivity contribution in [2.75, 3.05) is 0 Å². The van der Waals surface area contributed by atoms with E-state index in [1.54, 1.807) is 13.8 Å². The van der Waals surface area contributed by atoms with E-state index < -0.39 is 5.66 Å². The van der Waals surface area contributed by atoms with E-state index in [9.17, 15) is 0 Å². The van der Waals surface area contributed by atoms with Crippen LogP contribution in [-0.4, -0.2) is 5.66 Å². The molecule has 0 aliphatic heterocycles. The molecule has 56 valence electrons. The van der Waals surface area contributed by atoms with E-state index in [4.69, 9.17) is 11.5 Å². The average molecular weight is 122 g/mol. The van der Waals surface area contributed by atoms with Crippen molar-refractivity contribution in [1.82, 2.24) is 0 Å². The summed E-state index contributed by atoms with van der Waals surface area (Å²) in [4.78, 5) is 0. The highest BCUT2D eigenvalue weighted by Crippen LogP contribution is 1.76. The molecule has 0 heterocycles. The van der Waals surface area contributed by atoms with Crippen molar-refractivity contribution in [2.24, 2.45) is 11.5 Å². The minimum absolute atomic E-state index is 0. The molecule has 8 heavy (non-hydrogen) atoms. The Morgan fingerprint density at radius 2 is 0.875 bits per heavy atom. The van der Waals surface area contributed by atoms with Gasteiger partial charge in [0.25, 0.3) is 0 Å². The summed E-state index contributed by atoms with van der Waals surface area (Å²) in [5.74, 6) is 0. The highest BCUT2D eigenvalue weighted by Gasteiger charge is 1.95. The Balaban J connectivity index is -0.0000000267. The van der Waals surface area contributed by atoms with Crippen molar-refractivity contribution in [2.45, 2.75) is 41.8 Å². The fourth-order valence-corrected chi connectivity index (χ4v) is 0. The molecule has 0 atom stereocenters. The summed E-state index contributed by atoms with van der Waals surface area (Å²) in [6.45, 7) is 3.49. The van der Waals surface area contributed by atoms with Crippen LogP contribution < -0.4 is 11.5 Å². The molecule has 0 saturated carbocycles. The molecule has 0 saturated heterocycles. The van der Waals surface area contributed by atoms with Gasteiger partial charge >= 0.3 is 0 Å². The Labute approximate surface area is 54.3 Å². The first kappa shape index (κ1) is 24.7. The monoisotopic (exact) mass is 122 g/mol. The van der Waals surface area contributed by atoms with E-state index in [2.05, 4.69) is 0 Å². The van der Waals surface area contributed by atoms with Crippen molar-refractivity contribution < 1.29 is 0 Å². The van der Waals surface area contributed by atoms with Crippen LogP contribution in [0.15, 0.2) is 0 Å². The molecule has 0 aromatic carbocycles. The van der Waals surface area contributed by atoms with Crippen LogP contribution in [0, 0.1) is 0 Å². The summed E-state index contributed by atoms with van der Waals surface area (Å²) in [6, 6.07) is 0. The first-order valence-corrected chi connectivity index (χ1v) is 1.58. The van der Waals surface area contributed by atoms with Gasteiger partial charge in [-0.2, -0.15) is 0 Å². The van der Waals surface area contributed by atoms with Gasteiger partial charge in [0.15, 0.2) is 0 Å². The Bertz CT molecular complexity index is 22.0. The normalized spacial score (nSPS) is 7.50. The maximum Gasteiger partial charge on any atom is 0.0578 e. The van der Waals surface area contributed by atoms with Crippen LogP contribution in [-0.2, 0) is 0 Å². The van der Waals surface area contributed by atoms with Gasteiger partial charge in [0.1, 0.15) is 0 Å². The second-order valence-corrected chi connectivity index (χ2v) is 1.82. The number of hydrogen-bond donors (Lipinski definition) is 2. The maximum absolute atomic E-state index is 5.13. The Morgan fingerprint density at radius 1 is 0.875 bits per heavy atom. The summed E-state index contributed by atoms with van der Waals surface area (Å²) in [5.41, 5.74) is 9.76. The van der Waals surface area contributed by atoms with Gasteiger partial charge < -0.3 is 11.5 Å². The lowest BCUT2D eigenvalue weighted by molar-refractivity contribution is 0.547. The van der Waals surface area contributed by atoms with Crippen LogP contribution in [0.1, 0.15) is 36.1 Å². The average Bonchev–Trinajstić information content (AvgIpc) is 0.722. The Kier molecular flexibility index (Phi) is 21.3. The van der Waals surface area contributed by atoms with Crippen molar-refractivity contribution in [3.05, 3.63) is 0 Å². The lowest BCUT2D eigenvalue weighted by Gasteiger charge is -2.07. The van der Waals surface area contributed by atoms with Crippen molar-refractivity contribution in [3.8, 4) is 0 Å². The van der Waals surface area contributed by atoms with Crippen molar-refractivity contribution >= 4 is 0 Å². The zero-order valence-corrected chi connectivity index (χ0v) is 3.65. The third-order valence-electron chi connectivity index (χ3n) is 0. The molecule has 0 radical (unpaired) electrons. The van der Waals surface area contributed by atoms with E-state index in [0.717, 1.165) is 0 Å². The van der Waals surface area contributed by atoms with Crippen LogP contribution in [0.3, 0.4) is 0 Å². The predicted octanol–water partition coefficient (Wildman–Crippen LogP) is 1.55. The summed E-state index contributed by atoms with van der Waals surface area (Å²) in [6.07, 6.45) is 0. The van der Waals surface area contributed by atoms with Gasteiger partial charge in [-0.3, -0.25) is 0 Å². The van der Waals surface area contributed by atoms with E-state index in [0.29, 0.717) is 0 Å². The topological polar surface area (TPSA) is 52.0 Å². The van der Waals surface area contributed by atoms with Gasteiger partial charge in [-0.25, -0.2) is 0 Å². The van der Waals surface area contributed by atoms with Crippen molar-refractivity contribution in [3.63, 3.8) is 0 Å². The predicted molar refractivity (Wildman–Crippen MR) is 42.6 cm³/mol. The first-order chi connectivity index (χ1) is 2.00. The summed E-state index contributed by atoms with van der Waals surface area (Å²) in [5, 5.41) is 0. The molecule has 0 aliphatic carbocycles. The number of nitrogens with two attached hydrogens (primary N) is 2. The summed E-state index contributed by atoms with van der Waals surface area (Å²) >= 11 is 0. The third kappa shape index (κ3) is 22400. The zero-order chi connectivity index (χ0) is 4.50. The molecule has 0 aromatic heterocycles. The maximum atomic E-state index is 5.13. The molecule has 2 nitrogen and oxygen atoms in total. The van der Waals surface area contributed by atoms with Crippen LogP contribution in [0.25, 0.3) is 0 Å². The van der Waals surface area contributed by atoms with Gasteiger partial charge in [-0.05, 0) is 13.8 Å². The van der Waals surface area contributed by atoms with Gasteiger partial charge in [-0.15, -0.1) is 0 Å². The van der Waals surface area contributed by atoms with Crippen molar-refractivity contribution in [1.29, 1.82) is 0 Å². The molecule has 0 rings (SSSR count). The number of hydrogen-bond acceptors (Lipinski definition) is 2. The quantitative estimate of drug-likeness (QED) is 0.479. The van der Waals surface area contributed by atoms with E-state index in [1.165, 1.54) is 0 Å². The highest BCUT2D eigenvalue weighted by atomic mass is 14.9. The van der Waals surface area contributed by atoms with E-state index in [1.807, 2.05) is 0 Å².